The van der Waals surface area contributed by atoms with Gasteiger partial charge in [0, 0.05) is 54.1 Å². The molecular formula is C48H64O8. The number of benzene rings is 4. The second kappa shape index (κ2) is 22.0. The van der Waals surface area contributed by atoms with Gasteiger partial charge in [-0.15, -0.1) is 0 Å². The number of rotatable bonds is 20. The molecule has 0 fully saturated rings. The molecule has 0 saturated heterocycles. The molecule has 5 rings (SSSR count). The molecule has 8 bridgehead atoms. The molecule has 1 aliphatic carbocycles. The van der Waals surface area contributed by atoms with E-state index < -0.39 is 0 Å². The van der Waals surface area contributed by atoms with Crippen molar-refractivity contribution in [1.29, 1.82) is 0 Å². The van der Waals surface area contributed by atoms with Gasteiger partial charge in [-0.25, -0.2) is 0 Å². The smallest absolute Gasteiger partial charge is 0.126 e. The molecule has 0 aliphatic heterocycles. The van der Waals surface area contributed by atoms with Gasteiger partial charge >= 0.3 is 0 Å². The fraction of sp³-hybridized carbons (Fsp3) is 0.500. The van der Waals surface area contributed by atoms with Crippen molar-refractivity contribution in [2.75, 3.05) is 54.9 Å². The first-order valence-electron chi connectivity index (χ1n) is 20.4. The Morgan fingerprint density at radius 1 is 0.321 bits per heavy atom. The molecule has 0 atom stereocenters. The molecule has 1 aliphatic rings. The van der Waals surface area contributed by atoms with Gasteiger partial charge in [0.05, 0.1) is 52.9 Å². The molecule has 0 aromatic heterocycles. The van der Waals surface area contributed by atoms with Crippen molar-refractivity contribution in [2.24, 2.45) is 0 Å². The van der Waals surface area contributed by atoms with Crippen molar-refractivity contribution in [1.82, 2.24) is 0 Å². The van der Waals surface area contributed by atoms with E-state index in [4.69, 9.17) is 37.9 Å². The maximum absolute atomic E-state index is 6.76. The molecule has 56 heavy (non-hydrogen) atoms. The van der Waals surface area contributed by atoms with Crippen LogP contribution in [-0.2, 0) is 71.1 Å². The van der Waals surface area contributed by atoms with Crippen LogP contribution in [0.25, 0.3) is 0 Å². The summed E-state index contributed by atoms with van der Waals surface area (Å²) in [6.07, 6.45) is 5.98. The highest BCUT2D eigenvalue weighted by molar-refractivity contribution is 5.58. The van der Waals surface area contributed by atoms with Gasteiger partial charge in [-0.2, -0.15) is 0 Å². The zero-order chi connectivity index (χ0) is 39.9. The van der Waals surface area contributed by atoms with Gasteiger partial charge in [-0.3, -0.25) is 0 Å². The normalized spacial score (nSPS) is 12.4. The third kappa shape index (κ3) is 11.1. The lowest BCUT2D eigenvalue weighted by molar-refractivity contribution is 0.184. The van der Waals surface area contributed by atoms with Crippen LogP contribution >= 0.6 is 0 Å². The van der Waals surface area contributed by atoms with Crippen molar-refractivity contribution in [3.8, 4) is 23.0 Å². The van der Waals surface area contributed by atoms with Crippen LogP contribution in [0.5, 0.6) is 23.0 Å². The number of ether oxygens (including phenoxy) is 8. The van der Waals surface area contributed by atoms with Gasteiger partial charge in [0.15, 0.2) is 0 Å². The Bertz CT molecular complexity index is 1500. The van der Waals surface area contributed by atoms with Crippen LogP contribution in [0.15, 0.2) is 48.5 Å². The predicted molar refractivity (Wildman–Crippen MR) is 223 cm³/mol. The second-order valence-corrected chi connectivity index (χ2v) is 14.8. The molecule has 0 spiro atoms. The highest BCUT2D eigenvalue weighted by Crippen LogP contribution is 2.41. The molecule has 304 valence electrons. The van der Waals surface area contributed by atoms with Crippen molar-refractivity contribution < 1.29 is 37.9 Å². The molecule has 4 aromatic carbocycles. The first-order chi connectivity index (χ1) is 27.4. The SMILES string of the molecule is CCCOc1c2cc(COC)cc1Cc1cc(COC)cc(c1OCCC)Cc1cc(COC)cc(c1OCCC)Cc1cc(COC)cc(c1OCCC)C2. The standard InChI is InChI=1S/C48H64O8/c1-9-13-53-45-37-17-33(29-49-5)18-38(45)26-40-20-35(31-51-7)22-42(47(40)55-15-11-3)28-44-24-36(32-52-8)23-43(48(44)56-16-12-4)27-41-21-34(30-50-6)19-39(25-37)46(41)54-14-10-2/h17-24H,9-16,25-32H2,1-8H3. The minimum atomic E-state index is 0.482. The summed E-state index contributed by atoms with van der Waals surface area (Å²) in [5.41, 5.74) is 13.1. The molecular weight excluding hydrogens is 705 g/mol. The summed E-state index contributed by atoms with van der Waals surface area (Å²) in [6, 6.07) is 17.9. The quantitative estimate of drug-likeness (QED) is 0.0775. The number of fused-ring (bicyclic) bond motifs is 8. The second-order valence-electron chi connectivity index (χ2n) is 14.8. The van der Waals surface area contributed by atoms with Crippen LogP contribution < -0.4 is 18.9 Å². The van der Waals surface area contributed by atoms with E-state index in [1.165, 1.54) is 0 Å². The van der Waals surface area contributed by atoms with Crippen molar-refractivity contribution in [3.05, 3.63) is 115 Å². The van der Waals surface area contributed by atoms with Crippen molar-refractivity contribution in [2.45, 2.75) is 105 Å². The van der Waals surface area contributed by atoms with Crippen LogP contribution in [0.1, 0.15) is 120 Å². The van der Waals surface area contributed by atoms with Crippen LogP contribution in [0.3, 0.4) is 0 Å². The summed E-state index contributed by atoms with van der Waals surface area (Å²) < 4.78 is 50.1. The molecule has 4 aromatic rings. The fourth-order valence-electron chi connectivity index (χ4n) is 7.74. The molecule has 8 heteroatoms. The molecule has 0 amide bonds. The van der Waals surface area contributed by atoms with E-state index in [0.29, 0.717) is 78.5 Å². The average Bonchev–Trinajstić information content (AvgIpc) is 3.17. The van der Waals surface area contributed by atoms with E-state index in [1.54, 1.807) is 28.4 Å². The maximum Gasteiger partial charge on any atom is 0.126 e. The first-order valence-corrected chi connectivity index (χ1v) is 20.4. The van der Waals surface area contributed by atoms with E-state index in [9.17, 15) is 0 Å². The highest BCUT2D eigenvalue weighted by atomic mass is 16.5. The van der Waals surface area contributed by atoms with Crippen LogP contribution in [0.4, 0.5) is 0 Å². The van der Waals surface area contributed by atoms with Gasteiger partial charge in [0.25, 0.3) is 0 Å². The third-order valence-electron chi connectivity index (χ3n) is 9.78. The molecule has 8 nitrogen and oxygen atoms in total. The third-order valence-corrected chi connectivity index (χ3v) is 9.78. The fourth-order valence-corrected chi connectivity index (χ4v) is 7.74. The number of hydrogen-bond donors (Lipinski definition) is 0. The Labute approximate surface area is 335 Å². The zero-order valence-electron chi connectivity index (χ0n) is 35.2. The van der Waals surface area contributed by atoms with Gasteiger partial charge in [-0.05, 0) is 141 Å². The van der Waals surface area contributed by atoms with E-state index in [2.05, 4.69) is 76.2 Å². The Morgan fingerprint density at radius 2 is 0.500 bits per heavy atom. The summed E-state index contributed by atoms with van der Waals surface area (Å²) in [4.78, 5) is 0. The zero-order valence-corrected chi connectivity index (χ0v) is 35.2. The molecule has 0 unspecified atom stereocenters. The first kappa shape index (κ1) is 43.1. The Balaban J connectivity index is 1.91. The van der Waals surface area contributed by atoms with Gasteiger partial charge in [0.1, 0.15) is 23.0 Å². The van der Waals surface area contributed by atoms with E-state index in [0.717, 1.165) is 115 Å². The molecule has 0 N–H and O–H groups in total. The highest BCUT2D eigenvalue weighted by Gasteiger charge is 2.24. The molecule has 0 heterocycles. The Hall–Kier alpha value is -4.08. The topological polar surface area (TPSA) is 73.8 Å². The predicted octanol–water partition coefficient (Wildman–Crippen LogP) is 10.1. The van der Waals surface area contributed by atoms with E-state index in [1.807, 2.05) is 0 Å². The maximum atomic E-state index is 6.76. The van der Waals surface area contributed by atoms with Gasteiger partial charge in [-0.1, -0.05) is 27.7 Å². The monoisotopic (exact) mass is 768 g/mol. The van der Waals surface area contributed by atoms with Crippen molar-refractivity contribution in [3.63, 3.8) is 0 Å². The minimum Gasteiger partial charge on any atom is -0.493 e. The summed E-state index contributed by atoms with van der Waals surface area (Å²) in [5.74, 6) is 3.62. The Kier molecular flexibility index (Phi) is 16.9. The van der Waals surface area contributed by atoms with E-state index in [-0.39, 0.29) is 0 Å². The van der Waals surface area contributed by atoms with E-state index >= 15 is 0 Å². The van der Waals surface area contributed by atoms with Gasteiger partial charge < -0.3 is 37.9 Å². The van der Waals surface area contributed by atoms with Gasteiger partial charge in [0.2, 0.25) is 0 Å². The largest absolute Gasteiger partial charge is 0.493 e. The molecule has 0 radical (unpaired) electrons. The lowest BCUT2D eigenvalue weighted by Gasteiger charge is -2.25. The summed E-state index contributed by atoms with van der Waals surface area (Å²) >= 11 is 0. The summed E-state index contributed by atoms with van der Waals surface area (Å²) in [6.45, 7) is 12.9. The van der Waals surface area contributed by atoms with Crippen molar-refractivity contribution >= 4 is 0 Å². The lowest BCUT2D eigenvalue weighted by Crippen LogP contribution is -2.12. The van der Waals surface area contributed by atoms with Crippen LogP contribution in [0.2, 0.25) is 0 Å². The number of hydrogen-bond acceptors (Lipinski definition) is 8. The summed E-state index contributed by atoms with van der Waals surface area (Å²) in [5, 5.41) is 0. The lowest BCUT2D eigenvalue weighted by atomic mass is 9.88. The molecule has 0 saturated carbocycles. The van der Waals surface area contributed by atoms with Crippen LogP contribution in [0, 0.1) is 0 Å². The average molecular weight is 769 g/mol. The minimum absolute atomic E-state index is 0.482. The van der Waals surface area contributed by atoms with Crippen LogP contribution in [-0.4, -0.2) is 54.9 Å². The Morgan fingerprint density at radius 3 is 0.643 bits per heavy atom. The number of methoxy groups -OCH3 is 4. The summed E-state index contributed by atoms with van der Waals surface area (Å²) in [7, 11) is 7.00.